The molecule has 2 rings (SSSR count). The Kier molecular flexibility index (Phi) is 1.01. The second kappa shape index (κ2) is 1.84. The van der Waals surface area contributed by atoms with Crippen LogP contribution in [-0.4, -0.2) is 4.98 Å². The molecule has 2 aromatic rings. The van der Waals surface area contributed by atoms with Gasteiger partial charge in [-0.2, -0.15) is 0 Å². The van der Waals surface area contributed by atoms with Crippen LogP contribution in [0, 0.1) is 11.9 Å². The van der Waals surface area contributed by atoms with Crippen LogP contribution in [-0.2, 0) is 0 Å². The fourth-order valence-electron chi connectivity index (χ4n) is 0.953. The molecule has 0 saturated carbocycles. The molecule has 0 bridgehead atoms. The molecule has 0 saturated heterocycles. The van der Waals surface area contributed by atoms with Crippen molar-refractivity contribution in [3.63, 3.8) is 0 Å². The minimum atomic E-state index is -0.219. The Morgan fingerprint density at radius 3 is 3.20 bits per heavy atom. The van der Waals surface area contributed by atoms with E-state index in [1.54, 1.807) is 12.3 Å². The first-order chi connectivity index (χ1) is 4.86. The number of benzene rings is 1. The number of aromatic amines is 1. The van der Waals surface area contributed by atoms with Gasteiger partial charge in [0, 0.05) is 23.2 Å². The van der Waals surface area contributed by atoms with Gasteiger partial charge in [0.05, 0.1) is 0 Å². The number of hydrogen-bond donors (Lipinski definition) is 1. The number of aromatic nitrogens is 1. The molecular weight excluding hydrogens is 129 g/mol. The molecule has 0 fully saturated rings. The van der Waals surface area contributed by atoms with Crippen LogP contribution in [0.2, 0.25) is 0 Å². The first-order valence-corrected chi connectivity index (χ1v) is 3.00. The Morgan fingerprint density at radius 2 is 2.30 bits per heavy atom. The zero-order valence-corrected chi connectivity index (χ0v) is 5.19. The van der Waals surface area contributed by atoms with Crippen molar-refractivity contribution in [2.24, 2.45) is 0 Å². The van der Waals surface area contributed by atoms with E-state index in [9.17, 15) is 4.39 Å². The Hall–Kier alpha value is -1.31. The lowest BCUT2D eigenvalue weighted by molar-refractivity contribution is 0.629. The lowest BCUT2D eigenvalue weighted by Crippen LogP contribution is -1.71. The van der Waals surface area contributed by atoms with Gasteiger partial charge in [0.15, 0.2) is 0 Å². The highest BCUT2D eigenvalue weighted by Crippen LogP contribution is 2.11. The summed E-state index contributed by atoms with van der Waals surface area (Å²) >= 11 is 0. The van der Waals surface area contributed by atoms with Gasteiger partial charge < -0.3 is 4.98 Å². The van der Waals surface area contributed by atoms with Crippen LogP contribution in [0.15, 0.2) is 24.4 Å². The zero-order valence-electron chi connectivity index (χ0n) is 5.19. The van der Waals surface area contributed by atoms with Gasteiger partial charge >= 0.3 is 0 Å². The van der Waals surface area contributed by atoms with Crippen molar-refractivity contribution >= 4 is 10.9 Å². The highest BCUT2D eigenvalue weighted by molar-refractivity contribution is 5.78. The summed E-state index contributed by atoms with van der Waals surface area (Å²) in [4.78, 5) is 2.86. The molecule has 0 atom stereocenters. The molecule has 0 aliphatic carbocycles. The number of hydrogen-bond acceptors (Lipinski definition) is 0. The van der Waals surface area contributed by atoms with E-state index in [2.05, 4.69) is 11.1 Å². The average Bonchev–Trinajstić information content (AvgIpc) is 2.33. The number of rotatable bonds is 0. The van der Waals surface area contributed by atoms with Crippen molar-refractivity contribution in [1.82, 2.24) is 4.98 Å². The average molecular weight is 134 g/mol. The molecule has 10 heavy (non-hydrogen) atoms. The van der Waals surface area contributed by atoms with Crippen LogP contribution in [0.1, 0.15) is 0 Å². The molecular formula is C8H5FN. The van der Waals surface area contributed by atoms with E-state index in [-0.39, 0.29) is 5.82 Å². The second-order valence-electron chi connectivity index (χ2n) is 2.12. The van der Waals surface area contributed by atoms with E-state index < -0.39 is 0 Å². The molecule has 49 valence electrons. The zero-order chi connectivity index (χ0) is 6.97. The smallest absolute Gasteiger partial charge is 0.125 e. The molecule has 2 heteroatoms. The minimum absolute atomic E-state index is 0.219. The third-order valence-corrected chi connectivity index (χ3v) is 1.44. The predicted molar refractivity (Wildman–Crippen MR) is 37.1 cm³/mol. The van der Waals surface area contributed by atoms with E-state index >= 15 is 0 Å². The molecule has 0 amide bonds. The Morgan fingerprint density at radius 1 is 1.40 bits per heavy atom. The van der Waals surface area contributed by atoms with E-state index in [0.717, 1.165) is 10.9 Å². The van der Waals surface area contributed by atoms with Crippen LogP contribution < -0.4 is 0 Å². The maximum absolute atomic E-state index is 12.5. The summed E-state index contributed by atoms with van der Waals surface area (Å²) in [6.45, 7) is 0. The number of H-pyrrole nitrogens is 1. The first-order valence-electron chi connectivity index (χ1n) is 3.00. The monoisotopic (exact) mass is 134 g/mol. The maximum Gasteiger partial charge on any atom is 0.125 e. The quantitative estimate of drug-likeness (QED) is 0.568. The predicted octanol–water partition coefficient (Wildman–Crippen LogP) is 2.11. The normalized spacial score (nSPS) is 10.5. The first kappa shape index (κ1) is 5.47. The molecule has 1 nitrogen and oxygen atoms in total. The SMILES string of the molecule is Fc1ccc2[c]c[nH]c2c1. The molecule has 1 aromatic heterocycles. The molecule has 0 spiro atoms. The van der Waals surface area contributed by atoms with Gasteiger partial charge in [-0.1, -0.05) is 0 Å². The highest BCUT2D eigenvalue weighted by atomic mass is 19.1. The van der Waals surface area contributed by atoms with Crippen molar-refractivity contribution in [2.45, 2.75) is 0 Å². The summed E-state index contributed by atoms with van der Waals surface area (Å²) < 4.78 is 12.5. The fourth-order valence-corrected chi connectivity index (χ4v) is 0.953. The molecule has 1 N–H and O–H groups in total. The van der Waals surface area contributed by atoms with Crippen LogP contribution in [0.4, 0.5) is 4.39 Å². The van der Waals surface area contributed by atoms with E-state index in [1.807, 2.05) is 0 Å². The van der Waals surface area contributed by atoms with Gasteiger partial charge in [0.1, 0.15) is 5.82 Å². The summed E-state index contributed by atoms with van der Waals surface area (Å²) in [5.41, 5.74) is 0.792. The van der Waals surface area contributed by atoms with Crippen molar-refractivity contribution in [2.75, 3.05) is 0 Å². The van der Waals surface area contributed by atoms with Gasteiger partial charge in [-0.25, -0.2) is 4.39 Å². The summed E-state index contributed by atoms with van der Waals surface area (Å²) in [5, 5.41) is 0.918. The van der Waals surface area contributed by atoms with Crippen molar-refractivity contribution in [1.29, 1.82) is 0 Å². The number of halogens is 1. The fraction of sp³-hybridized carbons (Fsp3) is 0. The third kappa shape index (κ3) is 0.692. The van der Waals surface area contributed by atoms with Gasteiger partial charge in [-0.15, -0.1) is 0 Å². The van der Waals surface area contributed by atoms with E-state index in [1.165, 1.54) is 12.1 Å². The van der Waals surface area contributed by atoms with Gasteiger partial charge in [0.2, 0.25) is 0 Å². The van der Waals surface area contributed by atoms with Crippen LogP contribution in [0.25, 0.3) is 10.9 Å². The lowest BCUT2D eigenvalue weighted by atomic mass is 10.2. The standard InChI is InChI=1S/C8H5FN/c9-7-2-1-6-3-4-10-8(6)5-7/h1-2,4-5,10H. The van der Waals surface area contributed by atoms with Gasteiger partial charge in [-0.05, 0) is 18.2 Å². The van der Waals surface area contributed by atoms with Crippen molar-refractivity contribution in [3.05, 3.63) is 36.3 Å². The van der Waals surface area contributed by atoms with E-state index in [4.69, 9.17) is 0 Å². The number of fused-ring (bicyclic) bond motifs is 1. The van der Waals surface area contributed by atoms with E-state index in [0.29, 0.717) is 0 Å². The number of nitrogens with one attached hydrogen (secondary N) is 1. The summed E-state index contributed by atoms with van der Waals surface area (Å²) in [6.07, 6.45) is 1.67. The van der Waals surface area contributed by atoms with Crippen LogP contribution >= 0.6 is 0 Å². The Bertz CT molecular complexity index is 351. The summed E-state index contributed by atoms with van der Waals surface area (Å²) in [6, 6.07) is 7.49. The highest BCUT2D eigenvalue weighted by Gasteiger charge is 1.93. The summed E-state index contributed by atoms with van der Waals surface area (Å²) in [7, 11) is 0. The van der Waals surface area contributed by atoms with Crippen LogP contribution in [0.3, 0.4) is 0 Å². The molecule has 1 radical (unpaired) electrons. The second-order valence-corrected chi connectivity index (χ2v) is 2.12. The molecule has 1 heterocycles. The van der Waals surface area contributed by atoms with Crippen molar-refractivity contribution in [3.8, 4) is 0 Å². The van der Waals surface area contributed by atoms with Crippen molar-refractivity contribution < 1.29 is 4.39 Å². The minimum Gasteiger partial charge on any atom is -0.360 e. The molecule has 0 unspecified atom stereocenters. The largest absolute Gasteiger partial charge is 0.360 e. The molecule has 1 aromatic carbocycles. The molecule has 0 aliphatic heterocycles. The van der Waals surface area contributed by atoms with Gasteiger partial charge in [-0.3, -0.25) is 0 Å². The Balaban J connectivity index is 2.86. The topological polar surface area (TPSA) is 15.8 Å². The van der Waals surface area contributed by atoms with Crippen LogP contribution in [0.5, 0.6) is 0 Å². The third-order valence-electron chi connectivity index (χ3n) is 1.44. The van der Waals surface area contributed by atoms with Gasteiger partial charge in [0.25, 0.3) is 0 Å². The Labute approximate surface area is 57.5 Å². The summed E-state index contributed by atoms with van der Waals surface area (Å²) in [5.74, 6) is -0.219. The lowest BCUT2D eigenvalue weighted by Gasteiger charge is -1.87. The molecule has 0 aliphatic rings. The maximum atomic E-state index is 12.5.